The maximum absolute atomic E-state index is 12.3. The number of fused-ring (bicyclic) bond motifs is 1. The average Bonchev–Trinajstić information content (AvgIpc) is 2.76. The van der Waals surface area contributed by atoms with Gasteiger partial charge in [0.1, 0.15) is 0 Å². The molecule has 0 radical (unpaired) electrons. The Hall–Kier alpha value is -2.30. The summed E-state index contributed by atoms with van der Waals surface area (Å²) in [5.74, 6) is -0.781. The molecule has 1 heterocycles. The van der Waals surface area contributed by atoms with E-state index < -0.39 is 12.1 Å². The van der Waals surface area contributed by atoms with Crippen LogP contribution in [0.1, 0.15) is 31.1 Å². The first-order valence-corrected chi connectivity index (χ1v) is 6.95. The van der Waals surface area contributed by atoms with Gasteiger partial charge < -0.3 is 14.6 Å². The van der Waals surface area contributed by atoms with Gasteiger partial charge in [0, 0.05) is 30.2 Å². The second-order valence-corrected chi connectivity index (χ2v) is 5.38. The van der Waals surface area contributed by atoms with Crippen molar-refractivity contribution in [3.05, 3.63) is 36.0 Å². The number of carbonyl (C=O) groups excluding carboxylic acids is 2. The number of hydrogen-bond acceptors (Lipinski definition) is 3. The summed E-state index contributed by atoms with van der Waals surface area (Å²) in [5, 5.41) is 3.54. The zero-order valence-corrected chi connectivity index (χ0v) is 12.7. The number of ether oxygens (including phenoxy) is 1. The molecule has 0 unspecified atom stereocenters. The molecule has 1 aromatic carbocycles. The van der Waals surface area contributed by atoms with Crippen LogP contribution in [0.2, 0.25) is 0 Å². The fourth-order valence-corrected chi connectivity index (χ4v) is 2.18. The molecule has 21 heavy (non-hydrogen) atoms. The second kappa shape index (κ2) is 5.99. The van der Waals surface area contributed by atoms with Gasteiger partial charge in [-0.2, -0.15) is 0 Å². The van der Waals surface area contributed by atoms with E-state index in [4.69, 9.17) is 4.74 Å². The van der Waals surface area contributed by atoms with Gasteiger partial charge in [-0.3, -0.25) is 4.79 Å². The van der Waals surface area contributed by atoms with Crippen LogP contribution in [0.5, 0.6) is 0 Å². The fraction of sp³-hybridized carbons (Fsp3) is 0.375. The number of aromatic nitrogens is 1. The van der Waals surface area contributed by atoms with Crippen LogP contribution >= 0.6 is 0 Å². The van der Waals surface area contributed by atoms with Crippen molar-refractivity contribution in [3.8, 4) is 0 Å². The number of esters is 1. The lowest BCUT2D eigenvalue weighted by Gasteiger charge is -2.15. The Labute approximate surface area is 123 Å². The molecule has 2 rings (SSSR count). The highest BCUT2D eigenvalue weighted by molar-refractivity contribution is 6.05. The van der Waals surface area contributed by atoms with Crippen LogP contribution in [0.25, 0.3) is 10.9 Å². The number of para-hydroxylation sites is 1. The van der Waals surface area contributed by atoms with Gasteiger partial charge in [-0.25, -0.2) is 4.79 Å². The Balaban J connectivity index is 2.18. The molecule has 1 N–H and O–H groups in total. The average molecular weight is 288 g/mol. The van der Waals surface area contributed by atoms with Crippen molar-refractivity contribution in [2.24, 2.45) is 7.05 Å². The van der Waals surface area contributed by atoms with E-state index in [1.807, 2.05) is 49.7 Å². The number of nitrogens with zero attached hydrogens (tertiary/aromatic N) is 1. The lowest BCUT2D eigenvalue weighted by Crippen LogP contribution is -2.39. The van der Waals surface area contributed by atoms with Gasteiger partial charge in [-0.15, -0.1) is 0 Å². The number of carbonyl (C=O) groups is 2. The summed E-state index contributed by atoms with van der Waals surface area (Å²) in [6, 6.07) is 7.59. The fourth-order valence-electron chi connectivity index (χ4n) is 2.18. The van der Waals surface area contributed by atoms with E-state index in [2.05, 4.69) is 5.32 Å². The van der Waals surface area contributed by atoms with Crippen molar-refractivity contribution in [3.63, 3.8) is 0 Å². The van der Waals surface area contributed by atoms with E-state index in [9.17, 15) is 9.59 Å². The smallest absolute Gasteiger partial charge is 0.341 e. The molecule has 0 aliphatic heterocycles. The lowest BCUT2D eigenvalue weighted by molar-refractivity contribution is -0.129. The highest BCUT2D eigenvalue weighted by atomic mass is 16.5. The summed E-state index contributed by atoms with van der Waals surface area (Å²) >= 11 is 0. The van der Waals surface area contributed by atoms with Crippen molar-refractivity contribution in [1.29, 1.82) is 0 Å². The molecule has 5 nitrogen and oxygen atoms in total. The topological polar surface area (TPSA) is 60.3 Å². The van der Waals surface area contributed by atoms with Gasteiger partial charge in [0.2, 0.25) is 0 Å². The summed E-state index contributed by atoms with van der Waals surface area (Å²) in [4.78, 5) is 24.1. The van der Waals surface area contributed by atoms with Gasteiger partial charge >= 0.3 is 5.97 Å². The van der Waals surface area contributed by atoms with Gasteiger partial charge in [0.15, 0.2) is 6.10 Å². The summed E-state index contributed by atoms with van der Waals surface area (Å²) in [5.41, 5.74) is 1.42. The molecule has 0 aliphatic carbocycles. The normalized spacial score (nSPS) is 12.4. The standard InChI is InChI=1S/C16H20N2O3/c1-10(2)17-15(19)11(3)21-16(20)13-9-18(4)14-8-6-5-7-12(13)14/h5-11H,1-4H3,(H,17,19)/t11-/m1/s1. The Bertz CT molecular complexity index is 673. The van der Waals surface area contributed by atoms with Crippen LogP contribution in [0, 0.1) is 0 Å². The number of aryl methyl sites for hydroxylation is 1. The van der Waals surface area contributed by atoms with Gasteiger partial charge in [0.05, 0.1) is 5.56 Å². The van der Waals surface area contributed by atoms with E-state index in [-0.39, 0.29) is 11.9 Å². The predicted molar refractivity (Wildman–Crippen MR) is 81.1 cm³/mol. The van der Waals surface area contributed by atoms with Crippen LogP contribution in [0.3, 0.4) is 0 Å². The second-order valence-electron chi connectivity index (χ2n) is 5.38. The maximum Gasteiger partial charge on any atom is 0.341 e. The third-order valence-corrected chi connectivity index (χ3v) is 3.20. The predicted octanol–water partition coefficient (Wildman–Crippen LogP) is 2.25. The molecule has 0 spiro atoms. The number of hydrogen-bond donors (Lipinski definition) is 1. The first kappa shape index (κ1) is 15.1. The zero-order chi connectivity index (χ0) is 15.6. The number of rotatable bonds is 4. The Morgan fingerprint density at radius 3 is 2.52 bits per heavy atom. The molecule has 0 fully saturated rings. The molecule has 5 heteroatoms. The van der Waals surface area contributed by atoms with Crippen LogP contribution in [-0.2, 0) is 16.6 Å². The monoisotopic (exact) mass is 288 g/mol. The van der Waals surface area contributed by atoms with E-state index in [1.165, 1.54) is 0 Å². The van der Waals surface area contributed by atoms with Crippen LogP contribution in [0.4, 0.5) is 0 Å². The largest absolute Gasteiger partial charge is 0.449 e. The Morgan fingerprint density at radius 2 is 1.86 bits per heavy atom. The van der Waals surface area contributed by atoms with E-state index in [0.29, 0.717) is 5.56 Å². The molecule has 0 saturated carbocycles. The summed E-state index contributed by atoms with van der Waals surface area (Å²) < 4.78 is 7.12. The minimum absolute atomic E-state index is 0.0104. The number of amides is 1. The zero-order valence-electron chi connectivity index (χ0n) is 12.7. The first-order chi connectivity index (χ1) is 9.90. The first-order valence-electron chi connectivity index (χ1n) is 6.95. The third-order valence-electron chi connectivity index (χ3n) is 3.20. The highest BCUT2D eigenvalue weighted by Gasteiger charge is 2.21. The van der Waals surface area contributed by atoms with Gasteiger partial charge in [0.25, 0.3) is 5.91 Å². The molecule has 1 amide bonds. The van der Waals surface area contributed by atoms with Crippen molar-refractivity contribution in [2.45, 2.75) is 32.9 Å². The van der Waals surface area contributed by atoms with Crippen LogP contribution in [-0.4, -0.2) is 28.6 Å². The molecule has 0 saturated heterocycles. The minimum Gasteiger partial charge on any atom is -0.449 e. The molecular formula is C16H20N2O3. The van der Waals surface area contributed by atoms with E-state index >= 15 is 0 Å². The SMILES string of the molecule is CC(C)NC(=O)[C@@H](C)OC(=O)c1cn(C)c2ccccc12. The van der Waals surface area contributed by atoms with E-state index in [1.54, 1.807) is 13.1 Å². The molecule has 0 aliphatic rings. The van der Waals surface area contributed by atoms with Crippen molar-refractivity contribution in [1.82, 2.24) is 9.88 Å². The molecular weight excluding hydrogens is 268 g/mol. The lowest BCUT2D eigenvalue weighted by atomic mass is 10.2. The highest BCUT2D eigenvalue weighted by Crippen LogP contribution is 2.21. The van der Waals surface area contributed by atoms with Crippen molar-refractivity contribution in [2.75, 3.05) is 0 Å². The Morgan fingerprint density at radius 1 is 1.19 bits per heavy atom. The number of benzene rings is 1. The molecule has 1 aromatic heterocycles. The maximum atomic E-state index is 12.3. The molecule has 0 bridgehead atoms. The summed E-state index contributed by atoms with van der Waals surface area (Å²) in [6.07, 6.45) is 0.902. The molecule has 112 valence electrons. The minimum atomic E-state index is -0.820. The quantitative estimate of drug-likeness (QED) is 0.878. The van der Waals surface area contributed by atoms with Gasteiger partial charge in [-0.1, -0.05) is 18.2 Å². The van der Waals surface area contributed by atoms with Gasteiger partial charge in [-0.05, 0) is 26.8 Å². The molecule has 2 aromatic rings. The third kappa shape index (κ3) is 3.24. The van der Waals surface area contributed by atoms with Crippen LogP contribution in [0.15, 0.2) is 30.5 Å². The van der Waals surface area contributed by atoms with Crippen LogP contribution < -0.4 is 5.32 Å². The molecule has 1 atom stereocenters. The summed E-state index contributed by atoms with van der Waals surface area (Å²) in [7, 11) is 1.87. The van der Waals surface area contributed by atoms with Crippen molar-refractivity contribution < 1.29 is 14.3 Å². The Kier molecular flexibility index (Phi) is 4.31. The van der Waals surface area contributed by atoms with Crippen molar-refractivity contribution >= 4 is 22.8 Å². The summed E-state index contributed by atoms with van der Waals surface area (Å²) in [6.45, 7) is 5.29. The number of nitrogens with one attached hydrogen (secondary N) is 1. The van der Waals surface area contributed by atoms with E-state index in [0.717, 1.165) is 10.9 Å².